The van der Waals surface area contributed by atoms with Crippen LogP contribution >= 0.6 is 0 Å². The van der Waals surface area contributed by atoms with E-state index in [0.29, 0.717) is 11.8 Å². The van der Waals surface area contributed by atoms with Crippen molar-refractivity contribution in [2.75, 3.05) is 45.9 Å². The largest absolute Gasteiger partial charge is 0.497 e. The van der Waals surface area contributed by atoms with Crippen LogP contribution in [0.15, 0.2) is 42.5 Å². The molecule has 184 valence electrons. The van der Waals surface area contributed by atoms with Crippen molar-refractivity contribution in [1.82, 2.24) is 5.32 Å². The van der Waals surface area contributed by atoms with Gasteiger partial charge in [-0.25, -0.2) is 0 Å². The Labute approximate surface area is 193 Å². The summed E-state index contributed by atoms with van der Waals surface area (Å²) in [5.74, 6) is -1.96. The summed E-state index contributed by atoms with van der Waals surface area (Å²) in [6, 6.07) is 8.79. The summed E-state index contributed by atoms with van der Waals surface area (Å²) in [6.45, 7) is -1.11. The van der Waals surface area contributed by atoms with E-state index < -0.39 is 42.7 Å². The van der Waals surface area contributed by atoms with Crippen molar-refractivity contribution < 1.29 is 46.5 Å². The molecule has 2 aromatic rings. The molecular formula is C22H23F3N2O7. The number of benzene rings is 2. The molecule has 9 nitrogen and oxygen atoms in total. The lowest BCUT2D eigenvalue weighted by Crippen LogP contribution is -2.32. The molecule has 2 aromatic carbocycles. The first kappa shape index (κ1) is 26.5. The molecule has 12 heteroatoms. The second kappa shape index (κ2) is 12.4. The van der Waals surface area contributed by atoms with Crippen LogP contribution in [-0.2, 0) is 25.2 Å². The Bertz CT molecular complexity index is 1010. The summed E-state index contributed by atoms with van der Waals surface area (Å²) in [4.78, 5) is 36.1. The maximum Gasteiger partial charge on any atom is 0.416 e. The lowest BCUT2D eigenvalue weighted by atomic mass is 10.1. The van der Waals surface area contributed by atoms with Gasteiger partial charge in [-0.05, 0) is 36.4 Å². The van der Waals surface area contributed by atoms with Crippen LogP contribution in [-0.4, -0.2) is 58.4 Å². The Morgan fingerprint density at radius 3 is 2.44 bits per heavy atom. The molecule has 0 aromatic heterocycles. The number of ether oxygens (including phenoxy) is 4. The van der Waals surface area contributed by atoms with Crippen LogP contribution in [0, 0.1) is 0 Å². The van der Waals surface area contributed by atoms with Crippen LogP contribution in [0.4, 0.5) is 18.9 Å². The highest BCUT2D eigenvalue weighted by Gasteiger charge is 2.31. The fourth-order valence-corrected chi connectivity index (χ4v) is 2.57. The van der Waals surface area contributed by atoms with Crippen molar-refractivity contribution in [3.8, 4) is 11.5 Å². The zero-order valence-corrected chi connectivity index (χ0v) is 18.4. The van der Waals surface area contributed by atoms with E-state index in [1.54, 1.807) is 12.1 Å². The zero-order chi connectivity index (χ0) is 25.1. The van der Waals surface area contributed by atoms with E-state index in [9.17, 15) is 27.6 Å². The topological polar surface area (TPSA) is 112 Å². The van der Waals surface area contributed by atoms with Crippen molar-refractivity contribution in [2.45, 2.75) is 6.18 Å². The van der Waals surface area contributed by atoms with Gasteiger partial charge in [-0.3, -0.25) is 14.4 Å². The summed E-state index contributed by atoms with van der Waals surface area (Å²) < 4.78 is 59.0. The molecule has 0 heterocycles. The minimum atomic E-state index is -4.64. The number of nitrogens with one attached hydrogen (secondary N) is 2. The first-order valence-electron chi connectivity index (χ1n) is 9.84. The number of hydrogen-bond acceptors (Lipinski definition) is 7. The van der Waals surface area contributed by atoms with E-state index in [4.69, 9.17) is 18.9 Å². The van der Waals surface area contributed by atoms with Gasteiger partial charge in [-0.1, -0.05) is 6.07 Å². The van der Waals surface area contributed by atoms with Crippen LogP contribution in [0.3, 0.4) is 0 Å². The van der Waals surface area contributed by atoms with Crippen LogP contribution in [0.5, 0.6) is 11.5 Å². The van der Waals surface area contributed by atoms with Gasteiger partial charge in [-0.15, -0.1) is 0 Å². The van der Waals surface area contributed by atoms with Gasteiger partial charge in [0.1, 0.15) is 24.7 Å². The normalized spacial score (nSPS) is 10.9. The second-order valence-electron chi connectivity index (χ2n) is 6.67. The zero-order valence-electron chi connectivity index (χ0n) is 18.4. The first-order chi connectivity index (χ1) is 16.1. The van der Waals surface area contributed by atoms with E-state index in [-0.39, 0.29) is 30.2 Å². The Hall–Kier alpha value is -3.80. The molecular weight excluding hydrogens is 461 g/mol. The molecule has 0 aliphatic carbocycles. The predicted molar refractivity (Wildman–Crippen MR) is 114 cm³/mol. The lowest BCUT2D eigenvalue weighted by Gasteiger charge is -2.15. The number of carbonyl (C=O) groups excluding carboxylic acids is 3. The van der Waals surface area contributed by atoms with Crippen molar-refractivity contribution in [1.29, 1.82) is 0 Å². The first-order valence-corrected chi connectivity index (χ1v) is 9.84. The highest BCUT2D eigenvalue weighted by molar-refractivity contribution is 5.97. The summed E-state index contributed by atoms with van der Waals surface area (Å²) in [5.41, 5.74) is -1.01. The number of anilines is 1. The van der Waals surface area contributed by atoms with Gasteiger partial charge in [0.25, 0.3) is 11.8 Å². The van der Waals surface area contributed by atoms with Crippen LogP contribution < -0.4 is 20.1 Å². The number of methoxy groups -OCH3 is 2. The van der Waals surface area contributed by atoms with Gasteiger partial charge in [0.2, 0.25) is 0 Å². The third-order valence-corrected chi connectivity index (χ3v) is 4.22. The fourth-order valence-electron chi connectivity index (χ4n) is 2.57. The smallest absolute Gasteiger partial charge is 0.416 e. The van der Waals surface area contributed by atoms with Gasteiger partial charge in [-0.2, -0.15) is 13.2 Å². The number of rotatable bonds is 11. The number of amides is 2. The average molecular weight is 484 g/mol. The average Bonchev–Trinajstić information content (AvgIpc) is 2.81. The van der Waals surface area contributed by atoms with Crippen LogP contribution in [0.25, 0.3) is 0 Å². The van der Waals surface area contributed by atoms with Crippen molar-refractivity contribution in [3.63, 3.8) is 0 Å². The molecule has 2 N–H and O–H groups in total. The second-order valence-corrected chi connectivity index (χ2v) is 6.67. The molecule has 0 spiro atoms. The Morgan fingerprint density at radius 2 is 1.76 bits per heavy atom. The van der Waals surface area contributed by atoms with Crippen molar-refractivity contribution >= 4 is 23.5 Å². The molecule has 0 radical (unpaired) electrons. The SMILES string of the molecule is COCCOc1ccc(C(F)(F)F)cc1NC(=O)COC(=O)CNC(=O)c1cccc(OC)c1. The molecule has 0 bridgehead atoms. The monoisotopic (exact) mass is 484 g/mol. The van der Waals surface area contributed by atoms with Gasteiger partial charge >= 0.3 is 12.1 Å². The predicted octanol–water partition coefficient (Wildman–Crippen LogP) is 2.65. The fraction of sp³-hybridized carbons (Fsp3) is 0.318. The van der Waals surface area contributed by atoms with Crippen molar-refractivity contribution in [3.05, 3.63) is 53.6 Å². The molecule has 0 aliphatic rings. The maximum absolute atomic E-state index is 13.0. The molecule has 2 amide bonds. The van der Waals surface area contributed by atoms with E-state index >= 15 is 0 Å². The van der Waals surface area contributed by atoms with Gasteiger partial charge in [0, 0.05) is 12.7 Å². The van der Waals surface area contributed by atoms with Crippen LogP contribution in [0.1, 0.15) is 15.9 Å². The van der Waals surface area contributed by atoms with Gasteiger partial charge in [0.05, 0.1) is 25.0 Å². The van der Waals surface area contributed by atoms with Crippen LogP contribution in [0.2, 0.25) is 0 Å². The molecule has 34 heavy (non-hydrogen) atoms. The summed E-state index contributed by atoms with van der Waals surface area (Å²) in [6.07, 6.45) is -4.64. The summed E-state index contributed by atoms with van der Waals surface area (Å²) in [5, 5.41) is 4.55. The Morgan fingerprint density at radius 1 is 1.00 bits per heavy atom. The Kier molecular flexibility index (Phi) is 9.68. The number of halogens is 3. The summed E-state index contributed by atoms with van der Waals surface area (Å²) >= 11 is 0. The quantitative estimate of drug-likeness (QED) is 0.373. The van der Waals surface area contributed by atoms with Crippen molar-refractivity contribution in [2.24, 2.45) is 0 Å². The molecule has 0 saturated carbocycles. The molecule has 0 saturated heterocycles. The Balaban J connectivity index is 1.91. The number of carbonyl (C=O) groups is 3. The third kappa shape index (κ3) is 8.28. The molecule has 0 aliphatic heterocycles. The number of hydrogen-bond donors (Lipinski definition) is 2. The van der Waals surface area contributed by atoms with Gasteiger partial charge < -0.3 is 29.6 Å². The van der Waals surface area contributed by atoms with E-state index in [0.717, 1.165) is 12.1 Å². The molecule has 0 unspecified atom stereocenters. The molecule has 0 fully saturated rings. The summed E-state index contributed by atoms with van der Waals surface area (Å²) in [7, 11) is 2.86. The van der Waals surface area contributed by atoms with E-state index in [2.05, 4.69) is 10.6 Å². The minimum absolute atomic E-state index is 0.0183. The van der Waals surface area contributed by atoms with E-state index in [1.807, 2.05) is 0 Å². The van der Waals surface area contributed by atoms with E-state index in [1.165, 1.54) is 26.4 Å². The number of esters is 1. The molecule has 0 atom stereocenters. The van der Waals surface area contributed by atoms with Gasteiger partial charge in [0.15, 0.2) is 6.61 Å². The standard InChI is InChI=1S/C22H23F3N2O7/c1-31-8-9-33-18-7-6-15(22(23,24)25)11-17(18)27-19(28)13-34-20(29)12-26-21(30)14-4-3-5-16(10-14)32-2/h3-7,10-11H,8-9,12-13H2,1-2H3,(H,26,30)(H,27,28). The lowest BCUT2D eigenvalue weighted by molar-refractivity contribution is -0.146. The highest BCUT2D eigenvalue weighted by Crippen LogP contribution is 2.35. The molecule has 2 rings (SSSR count). The third-order valence-electron chi connectivity index (χ3n) is 4.22. The highest BCUT2D eigenvalue weighted by atomic mass is 19.4. The minimum Gasteiger partial charge on any atom is -0.497 e. The maximum atomic E-state index is 13.0. The number of alkyl halides is 3.